The van der Waals surface area contributed by atoms with Crippen LogP contribution in [0.25, 0.3) is 11.4 Å². The van der Waals surface area contributed by atoms with Crippen LogP contribution in [0.3, 0.4) is 0 Å². The van der Waals surface area contributed by atoms with E-state index >= 15 is 0 Å². The van der Waals surface area contributed by atoms with Gasteiger partial charge >= 0.3 is 6.18 Å². The molecule has 2 heterocycles. The molecule has 2 aromatic heterocycles. The molecule has 3 aromatic rings. The van der Waals surface area contributed by atoms with Crippen molar-refractivity contribution >= 4 is 11.6 Å². The van der Waals surface area contributed by atoms with Gasteiger partial charge in [0.05, 0.1) is 0 Å². The standard InChI is InChI=1S/C18H16ClF3N4O/c1-10-11(2)23-17(19)25-16(10)27-9-12-4-6-13(7-5-12)15-24-14(8-26(15)3)18(20,21)22/h4-8H,9H2,1-3H3. The average Bonchev–Trinajstić information content (AvgIpc) is 2.99. The maximum atomic E-state index is 12.8. The van der Waals surface area contributed by atoms with Gasteiger partial charge in [-0.1, -0.05) is 24.3 Å². The molecule has 142 valence electrons. The molecule has 0 radical (unpaired) electrons. The number of nitrogens with zero attached hydrogens (tertiary/aromatic N) is 4. The highest BCUT2D eigenvalue weighted by Gasteiger charge is 2.34. The Balaban J connectivity index is 1.76. The molecule has 0 saturated carbocycles. The highest BCUT2D eigenvalue weighted by atomic mass is 35.5. The minimum Gasteiger partial charge on any atom is -0.472 e. The Hall–Kier alpha value is -2.61. The predicted molar refractivity (Wildman–Crippen MR) is 94.5 cm³/mol. The Morgan fingerprint density at radius 3 is 2.33 bits per heavy atom. The van der Waals surface area contributed by atoms with E-state index in [1.165, 1.54) is 11.6 Å². The fourth-order valence-electron chi connectivity index (χ4n) is 2.48. The van der Waals surface area contributed by atoms with Crippen LogP contribution in [0.4, 0.5) is 13.2 Å². The molecule has 1 aromatic carbocycles. The third-order valence-electron chi connectivity index (χ3n) is 4.07. The summed E-state index contributed by atoms with van der Waals surface area (Å²) in [4.78, 5) is 11.8. The normalized spacial score (nSPS) is 11.7. The lowest BCUT2D eigenvalue weighted by molar-refractivity contribution is -0.140. The summed E-state index contributed by atoms with van der Waals surface area (Å²) in [5, 5.41) is 0.110. The zero-order valence-corrected chi connectivity index (χ0v) is 15.6. The molecule has 0 amide bonds. The number of alkyl halides is 3. The van der Waals surface area contributed by atoms with Gasteiger partial charge in [0.2, 0.25) is 11.2 Å². The quantitative estimate of drug-likeness (QED) is 0.597. The van der Waals surface area contributed by atoms with E-state index in [2.05, 4.69) is 15.0 Å². The van der Waals surface area contributed by atoms with Gasteiger partial charge in [0.15, 0.2) is 5.69 Å². The summed E-state index contributed by atoms with van der Waals surface area (Å²) in [5.41, 5.74) is 2.02. The third-order valence-corrected chi connectivity index (χ3v) is 4.24. The number of rotatable bonds is 4. The van der Waals surface area contributed by atoms with Crippen LogP contribution in [-0.4, -0.2) is 19.5 Å². The van der Waals surface area contributed by atoms with Gasteiger partial charge in [-0.3, -0.25) is 0 Å². The molecule has 0 bridgehead atoms. The highest BCUT2D eigenvalue weighted by molar-refractivity contribution is 6.28. The van der Waals surface area contributed by atoms with Crippen molar-refractivity contribution in [2.24, 2.45) is 7.05 Å². The van der Waals surface area contributed by atoms with Crippen molar-refractivity contribution in [2.75, 3.05) is 0 Å². The number of halogens is 4. The number of aromatic nitrogens is 4. The van der Waals surface area contributed by atoms with Gasteiger partial charge in [-0.05, 0) is 31.0 Å². The Labute approximate surface area is 158 Å². The average molecular weight is 397 g/mol. The van der Waals surface area contributed by atoms with Crippen molar-refractivity contribution in [3.05, 3.63) is 58.3 Å². The van der Waals surface area contributed by atoms with Crippen molar-refractivity contribution in [1.82, 2.24) is 19.5 Å². The monoisotopic (exact) mass is 396 g/mol. The first-order chi connectivity index (χ1) is 12.6. The van der Waals surface area contributed by atoms with Crippen molar-refractivity contribution in [1.29, 1.82) is 0 Å². The van der Waals surface area contributed by atoms with E-state index in [0.717, 1.165) is 23.0 Å². The molecule has 0 N–H and O–H groups in total. The van der Waals surface area contributed by atoms with Crippen molar-refractivity contribution < 1.29 is 17.9 Å². The zero-order chi connectivity index (χ0) is 19.8. The van der Waals surface area contributed by atoms with E-state index in [1.54, 1.807) is 24.3 Å². The molecule has 9 heteroatoms. The van der Waals surface area contributed by atoms with Gasteiger partial charge in [-0.15, -0.1) is 0 Å². The summed E-state index contributed by atoms with van der Waals surface area (Å²) < 4.78 is 45.4. The summed E-state index contributed by atoms with van der Waals surface area (Å²) in [5.74, 6) is 0.638. The third kappa shape index (κ3) is 4.21. The zero-order valence-electron chi connectivity index (χ0n) is 14.8. The summed E-state index contributed by atoms with van der Waals surface area (Å²) in [6, 6.07) is 6.93. The number of hydrogen-bond acceptors (Lipinski definition) is 4. The topological polar surface area (TPSA) is 52.8 Å². The van der Waals surface area contributed by atoms with Crippen LogP contribution in [0.1, 0.15) is 22.5 Å². The lowest BCUT2D eigenvalue weighted by atomic mass is 10.1. The Kier molecular flexibility index (Phi) is 5.10. The van der Waals surface area contributed by atoms with Gasteiger partial charge in [-0.2, -0.15) is 18.2 Å². The van der Waals surface area contributed by atoms with Crippen LogP contribution in [-0.2, 0) is 19.8 Å². The van der Waals surface area contributed by atoms with E-state index in [9.17, 15) is 13.2 Å². The maximum absolute atomic E-state index is 12.8. The second kappa shape index (κ2) is 7.19. The van der Waals surface area contributed by atoms with Gasteiger partial charge in [0.25, 0.3) is 0 Å². The minimum atomic E-state index is -4.47. The van der Waals surface area contributed by atoms with Crippen LogP contribution in [0.2, 0.25) is 5.28 Å². The lowest BCUT2D eigenvalue weighted by Gasteiger charge is -2.10. The lowest BCUT2D eigenvalue weighted by Crippen LogP contribution is -2.04. The fourth-order valence-corrected chi connectivity index (χ4v) is 2.69. The van der Waals surface area contributed by atoms with Crippen LogP contribution >= 0.6 is 11.6 Å². The first-order valence-electron chi connectivity index (χ1n) is 7.98. The smallest absolute Gasteiger partial charge is 0.434 e. The number of hydrogen-bond donors (Lipinski definition) is 0. The largest absolute Gasteiger partial charge is 0.472 e. The van der Waals surface area contributed by atoms with Crippen LogP contribution in [0.5, 0.6) is 5.88 Å². The molecule has 3 rings (SSSR count). The molecular weight excluding hydrogens is 381 g/mol. The van der Waals surface area contributed by atoms with Gasteiger partial charge in [-0.25, -0.2) is 9.97 Å². The molecular formula is C18H16ClF3N4O. The summed E-state index contributed by atoms with van der Waals surface area (Å²) in [6.07, 6.45) is -3.51. The van der Waals surface area contributed by atoms with E-state index in [1.807, 2.05) is 13.8 Å². The van der Waals surface area contributed by atoms with Crippen molar-refractivity contribution in [3.63, 3.8) is 0 Å². The van der Waals surface area contributed by atoms with Crippen molar-refractivity contribution in [2.45, 2.75) is 26.6 Å². The first kappa shape index (κ1) is 19.2. The van der Waals surface area contributed by atoms with Crippen LogP contribution in [0.15, 0.2) is 30.5 Å². The Morgan fingerprint density at radius 2 is 1.74 bits per heavy atom. The second-order valence-electron chi connectivity index (χ2n) is 6.05. The van der Waals surface area contributed by atoms with Gasteiger partial charge in [0.1, 0.15) is 12.4 Å². The Morgan fingerprint density at radius 1 is 1.07 bits per heavy atom. The molecule has 0 unspecified atom stereocenters. The van der Waals surface area contributed by atoms with Crippen LogP contribution < -0.4 is 4.74 Å². The molecule has 0 saturated heterocycles. The molecule has 0 aliphatic carbocycles. The SMILES string of the molecule is Cc1nc(Cl)nc(OCc2ccc(-c3nc(C(F)(F)F)cn3C)cc2)c1C. The van der Waals surface area contributed by atoms with E-state index < -0.39 is 11.9 Å². The molecule has 0 spiro atoms. The summed E-state index contributed by atoms with van der Waals surface area (Å²) in [7, 11) is 1.53. The molecule has 5 nitrogen and oxygen atoms in total. The number of aryl methyl sites for hydroxylation is 2. The van der Waals surface area contributed by atoms with E-state index in [0.29, 0.717) is 11.4 Å². The van der Waals surface area contributed by atoms with E-state index in [-0.39, 0.29) is 17.7 Å². The first-order valence-corrected chi connectivity index (χ1v) is 8.36. The molecule has 0 aliphatic rings. The number of imidazole rings is 1. The fraction of sp³-hybridized carbons (Fsp3) is 0.278. The molecule has 0 atom stereocenters. The summed E-state index contributed by atoms with van der Waals surface area (Å²) >= 11 is 5.85. The van der Waals surface area contributed by atoms with Gasteiger partial charge < -0.3 is 9.30 Å². The molecule has 0 aliphatic heterocycles. The minimum absolute atomic E-state index is 0.110. The predicted octanol–water partition coefficient (Wildman–Crippen LogP) is 4.75. The van der Waals surface area contributed by atoms with Gasteiger partial charge in [0, 0.05) is 30.1 Å². The Bertz CT molecular complexity index is 968. The second-order valence-corrected chi connectivity index (χ2v) is 6.39. The van der Waals surface area contributed by atoms with Crippen molar-refractivity contribution in [3.8, 4) is 17.3 Å². The van der Waals surface area contributed by atoms with Crippen LogP contribution in [0, 0.1) is 13.8 Å². The number of benzene rings is 1. The maximum Gasteiger partial charge on any atom is 0.434 e. The molecule has 27 heavy (non-hydrogen) atoms. The molecule has 0 fully saturated rings. The highest BCUT2D eigenvalue weighted by Crippen LogP contribution is 2.30. The summed E-state index contributed by atoms with van der Waals surface area (Å²) in [6.45, 7) is 3.89. The number of ether oxygens (including phenoxy) is 1. The van der Waals surface area contributed by atoms with E-state index in [4.69, 9.17) is 16.3 Å².